The van der Waals surface area contributed by atoms with E-state index >= 15 is 0 Å². The van der Waals surface area contributed by atoms with Crippen molar-refractivity contribution in [2.45, 2.75) is 19.6 Å². The molecule has 0 saturated heterocycles. The zero-order chi connectivity index (χ0) is 22.1. The molecule has 0 radical (unpaired) electrons. The number of hydrogen-bond donors (Lipinski definition) is 3. The van der Waals surface area contributed by atoms with Crippen LogP contribution in [0.5, 0.6) is 5.75 Å². The Morgan fingerprint density at radius 3 is 2.39 bits per heavy atom. The van der Waals surface area contributed by atoms with E-state index in [4.69, 9.17) is 4.74 Å². The second kappa shape index (κ2) is 12.3. The largest absolute Gasteiger partial charge is 0.484 e. The van der Waals surface area contributed by atoms with Crippen LogP contribution in [0.1, 0.15) is 11.1 Å². The number of guanidine groups is 1. The van der Waals surface area contributed by atoms with Gasteiger partial charge in [0.2, 0.25) is 5.91 Å². The summed E-state index contributed by atoms with van der Waals surface area (Å²) in [5, 5.41) is 8.30. The predicted octanol–water partition coefficient (Wildman–Crippen LogP) is 4.00. The van der Waals surface area contributed by atoms with Crippen molar-refractivity contribution in [3.8, 4) is 5.75 Å². The van der Waals surface area contributed by atoms with Crippen molar-refractivity contribution in [1.82, 2.24) is 10.6 Å². The van der Waals surface area contributed by atoms with Crippen LogP contribution in [-0.2, 0) is 11.3 Å². The highest BCUT2D eigenvalue weighted by atomic mass is 127. The summed E-state index contributed by atoms with van der Waals surface area (Å²) in [7, 11) is 1.49. The number of aliphatic imine (C=N–C) groups is 1. The van der Waals surface area contributed by atoms with Crippen LogP contribution < -0.4 is 20.7 Å². The van der Waals surface area contributed by atoms with E-state index in [2.05, 4.69) is 20.9 Å². The van der Waals surface area contributed by atoms with E-state index in [0.717, 1.165) is 5.56 Å². The molecule has 2 aromatic rings. The topological polar surface area (TPSA) is 74.8 Å². The van der Waals surface area contributed by atoms with Gasteiger partial charge in [-0.2, -0.15) is 13.2 Å². The van der Waals surface area contributed by atoms with Gasteiger partial charge in [-0.05, 0) is 42.8 Å². The van der Waals surface area contributed by atoms with Gasteiger partial charge < -0.3 is 20.7 Å². The number of benzene rings is 2. The normalized spacial score (nSPS) is 11.4. The third-order valence-corrected chi connectivity index (χ3v) is 3.83. The summed E-state index contributed by atoms with van der Waals surface area (Å²) in [5.41, 5.74) is 1.71. The number of carbonyl (C=O) groups excluding carboxylic acids is 1. The molecule has 0 bridgehead atoms. The standard InChI is InChI=1S/C20H22F4N4O2.HI/c1-13-3-4-14(17(9-13)30-12-20(22,23)24)10-26-19(25-2)27-11-18(29)28-16-7-5-15(21)6-8-16;/h3-9H,10-12H2,1-2H3,(H,28,29)(H2,25,26,27);1H. The molecule has 2 rings (SSSR count). The minimum absolute atomic E-state index is 0. The minimum atomic E-state index is -4.44. The predicted molar refractivity (Wildman–Crippen MR) is 121 cm³/mol. The van der Waals surface area contributed by atoms with E-state index in [0.29, 0.717) is 11.3 Å². The number of hydrogen-bond acceptors (Lipinski definition) is 3. The monoisotopic (exact) mass is 554 g/mol. The molecule has 0 atom stereocenters. The molecule has 0 aliphatic rings. The van der Waals surface area contributed by atoms with Gasteiger partial charge in [-0.1, -0.05) is 12.1 Å². The lowest BCUT2D eigenvalue weighted by molar-refractivity contribution is -0.153. The number of nitrogens with one attached hydrogen (secondary N) is 3. The van der Waals surface area contributed by atoms with Crippen LogP contribution in [0.15, 0.2) is 47.5 Å². The van der Waals surface area contributed by atoms with Crippen molar-refractivity contribution in [3.05, 3.63) is 59.4 Å². The molecular weight excluding hydrogens is 531 g/mol. The summed E-state index contributed by atoms with van der Waals surface area (Å²) in [5.74, 6) is -0.407. The Hall–Kier alpha value is -2.57. The first-order valence-electron chi connectivity index (χ1n) is 8.95. The van der Waals surface area contributed by atoms with E-state index in [9.17, 15) is 22.4 Å². The molecular formula is C20H23F4IN4O2. The summed E-state index contributed by atoms with van der Waals surface area (Å²) >= 11 is 0. The van der Waals surface area contributed by atoms with Gasteiger partial charge in [-0.15, -0.1) is 24.0 Å². The lowest BCUT2D eigenvalue weighted by Gasteiger charge is -2.16. The summed E-state index contributed by atoms with van der Waals surface area (Å²) in [6.45, 7) is 0.368. The maximum atomic E-state index is 12.9. The molecule has 0 spiro atoms. The van der Waals surface area contributed by atoms with Crippen molar-refractivity contribution < 1.29 is 27.1 Å². The molecule has 0 aromatic heterocycles. The fraction of sp³-hybridized carbons (Fsp3) is 0.300. The Labute approximate surface area is 194 Å². The fourth-order valence-corrected chi connectivity index (χ4v) is 2.40. The molecule has 0 heterocycles. The van der Waals surface area contributed by atoms with Crippen LogP contribution in [0.4, 0.5) is 23.2 Å². The highest BCUT2D eigenvalue weighted by molar-refractivity contribution is 14.0. The highest BCUT2D eigenvalue weighted by Gasteiger charge is 2.28. The van der Waals surface area contributed by atoms with Crippen LogP contribution >= 0.6 is 24.0 Å². The van der Waals surface area contributed by atoms with Crippen LogP contribution in [0.2, 0.25) is 0 Å². The second-order valence-corrected chi connectivity index (χ2v) is 6.35. The highest BCUT2D eigenvalue weighted by Crippen LogP contribution is 2.23. The van der Waals surface area contributed by atoms with Crippen LogP contribution in [-0.4, -0.2) is 38.2 Å². The fourth-order valence-electron chi connectivity index (χ4n) is 2.40. The van der Waals surface area contributed by atoms with Gasteiger partial charge in [0.05, 0.1) is 6.54 Å². The average molecular weight is 554 g/mol. The summed E-state index contributed by atoms with van der Waals surface area (Å²) < 4.78 is 55.2. The van der Waals surface area contributed by atoms with Crippen molar-refractivity contribution >= 4 is 41.5 Å². The van der Waals surface area contributed by atoms with E-state index < -0.39 is 18.6 Å². The summed E-state index contributed by atoms with van der Waals surface area (Å²) in [6, 6.07) is 10.2. The quantitative estimate of drug-likeness (QED) is 0.210. The van der Waals surface area contributed by atoms with E-state index in [1.54, 1.807) is 19.1 Å². The molecule has 170 valence electrons. The van der Waals surface area contributed by atoms with Crippen LogP contribution in [0.3, 0.4) is 0 Å². The third kappa shape index (κ3) is 9.85. The van der Waals surface area contributed by atoms with Crippen molar-refractivity contribution in [1.29, 1.82) is 0 Å². The number of anilines is 1. The smallest absolute Gasteiger partial charge is 0.422 e. The second-order valence-electron chi connectivity index (χ2n) is 6.35. The van der Waals surface area contributed by atoms with Gasteiger partial charge in [0.1, 0.15) is 11.6 Å². The molecule has 0 saturated carbocycles. The Bertz CT molecular complexity index is 890. The van der Waals surface area contributed by atoms with Crippen LogP contribution in [0.25, 0.3) is 0 Å². The number of ether oxygens (including phenoxy) is 1. The van der Waals surface area contributed by atoms with Crippen molar-refractivity contribution in [3.63, 3.8) is 0 Å². The van der Waals surface area contributed by atoms with Crippen molar-refractivity contribution in [2.24, 2.45) is 4.99 Å². The van der Waals surface area contributed by atoms with Gasteiger partial charge in [0.15, 0.2) is 12.6 Å². The number of alkyl halides is 3. The van der Waals surface area contributed by atoms with Gasteiger partial charge in [-0.3, -0.25) is 9.79 Å². The molecule has 0 unspecified atom stereocenters. The molecule has 0 aliphatic carbocycles. The first-order valence-corrected chi connectivity index (χ1v) is 8.95. The zero-order valence-electron chi connectivity index (χ0n) is 16.8. The lowest BCUT2D eigenvalue weighted by Crippen LogP contribution is -2.41. The first kappa shape index (κ1) is 26.5. The number of aryl methyl sites for hydroxylation is 1. The Morgan fingerprint density at radius 2 is 1.77 bits per heavy atom. The average Bonchev–Trinajstić information content (AvgIpc) is 2.68. The summed E-state index contributed by atoms with van der Waals surface area (Å²) in [6.07, 6.45) is -4.44. The third-order valence-electron chi connectivity index (χ3n) is 3.83. The van der Waals surface area contributed by atoms with Gasteiger partial charge in [0, 0.05) is 24.8 Å². The molecule has 11 heteroatoms. The van der Waals surface area contributed by atoms with Crippen LogP contribution in [0, 0.1) is 12.7 Å². The molecule has 31 heavy (non-hydrogen) atoms. The maximum Gasteiger partial charge on any atom is 0.422 e. The molecule has 1 amide bonds. The number of nitrogens with zero attached hydrogens (tertiary/aromatic N) is 1. The Kier molecular flexibility index (Phi) is 10.5. The number of rotatable bonds is 7. The number of amides is 1. The van der Waals surface area contributed by atoms with E-state index in [1.807, 2.05) is 0 Å². The molecule has 0 aliphatic heterocycles. The Morgan fingerprint density at radius 1 is 1.10 bits per heavy atom. The molecule has 0 fully saturated rings. The van der Waals surface area contributed by atoms with Gasteiger partial charge in [0.25, 0.3) is 0 Å². The molecule has 2 aromatic carbocycles. The minimum Gasteiger partial charge on any atom is -0.484 e. The zero-order valence-corrected chi connectivity index (χ0v) is 19.2. The Balaban J connectivity index is 0.00000480. The maximum absolute atomic E-state index is 12.9. The van der Waals surface area contributed by atoms with Gasteiger partial charge in [-0.25, -0.2) is 4.39 Å². The van der Waals surface area contributed by atoms with E-state index in [1.165, 1.54) is 37.4 Å². The lowest BCUT2D eigenvalue weighted by atomic mass is 10.1. The van der Waals surface area contributed by atoms with Gasteiger partial charge >= 0.3 is 6.18 Å². The number of halogens is 5. The van der Waals surface area contributed by atoms with E-state index in [-0.39, 0.29) is 54.7 Å². The summed E-state index contributed by atoms with van der Waals surface area (Å²) in [4.78, 5) is 16.0. The first-order chi connectivity index (χ1) is 14.2. The van der Waals surface area contributed by atoms with Crippen molar-refractivity contribution in [2.75, 3.05) is 25.5 Å². The number of carbonyl (C=O) groups is 1. The SMILES string of the molecule is CN=C(NCC(=O)Nc1ccc(F)cc1)NCc1ccc(C)cc1OCC(F)(F)F.I. The molecule has 3 N–H and O–H groups in total. The molecule has 6 nitrogen and oxygen atoms in total.